The highest BCUT2D eigenvalue weighted by Gasteiger charge is 2.14. The summed E-state index contributed by atoms with van der Waals surface area (Å²) in [5.74, 6) is -0.475. The molecule has 0 saturated carbocycles. The van der Waals surface area contributed by atoms with Crippen molar-refractivity contribution >= 4 is 17.7 Å². The van der Waals surface area contributed by atoms with Gasteiger partial charge in [-0.3, -0.25) is 0 Å². The third-order valence-corrected chi connectivity index (χ3v) is 2.91. The molecule has 1 aromatic rings. The fraction of sp³-hybridized carbons (Fsp3) is 0.471. The Kier molecular flexibility index (Phi) is 6.40. The Bertz CT molecular complexity index is 500. The molecule has 0 aliphatic rings. The molecule has 0 aliphatic heterocycles. The summed E-state index contributed by atoms with van der Waals surface area (Å²) in [6.45, 7) is 10.2. The van der Waals surface area contributed by atoms with Crippen LogP contribution in [0.25, 0.3) is 6.08 Å². The molecule has 1 aromatic carbocycles. The van der Waals surface area contributed by atoms with Crippen LogP contribution in [0.5, 0.6) is 0 Å². The Morgan fingerprint density at radius 1 is 1.24 bits per heavy atom. The lowest BCUT2D eigenvalue weighted by atomic mass is 10.1. The normalized spacial score (nSPS) is 11.6. The summed E-state index contributed by atoms with van der Waals surface area (Å²) in [6.07, 6.45) is 2.50. The van der Waals surface area contributed by atoms with E-state index in [1.54, 1.807) is 6.07 Å². The molecule has 0 fully saturated rings. The zero-order valence-corrected chi connectivity index (χ0v) is 13.1. The van der Waals surface area contributed by atoms with Crippen LogP contribution >= 0.6 is 0 Å². The Hall–Kier alpha value is -1.84. The fourth-order valence-electron chi connectivity index (χ4n) is 2.26. The molecule has 0 amide bonds. The predicted octanol–water partition coefficient (Wildman–Crippen LogP) is 4.04. The summed E-state index contributed by atoms with van der Waals surface area (Å²) >= 11 is 0. The lowest BCUT2D eigenvalue weighted by Crippen LogP contribution is -2.31. The highest BCUT2D eigenvalue weighted by Crippen LogP contribution is 2.25. The first-order chi connectivity index (χ1) is 9.79. The van der Waals surface area contributed by atoms with Crippen molar-refractivity contribution < 1.29 is 14.3 Å². The van der Waals surface area contributed by atoms with E-state index in [1.165, 1.54) is 18.2 Å². The fourth-order valence-corrected chi connectivity index (χ4v) is 2.26. The average Bonchev–Trinajstić information content (AvgIpc) is 2.34. The number of hydrogen-bond acceptors (Lipinski definition) is 2. The molecule has 1 rings (SSSR count). The van der Waals surface area contributed by atoms with Crippen molar-refractivity contribution in [3.8, 4) is 0 Å². The molecule has 0 aromatic heterocycles. The predicted molar refractivity (Wildman–Crippen MR) is 85.0 cm³/mol. The smallest absolute Gasteiger partial charge is 0.328 e. The molecule has 116 valence electrons. The number of carboxylic acid groups (broad SMARTS) is 1. The molecule has 0 unspecified atom stereocenters. The van der Waals surface area contributed by atoms with Crippen LogP contribution in [0, 0.1) is 17.7 Å². The molecule has 0 aliphatic carbocycles. The highest BCUT2D eigenvalue weighted by molar-refractivity contribution is 5.87. The number of aliphatic carboxylic acids is 1. The molecule has 3 nitrogen and oxygen atoms in total. The molecular weight excluding hydrogens is 269 g/mol. The van der Waals surface area contributed by atoms with Crippen molar-refractivity contribution in [2.24, 2.45) is 11.8 Å². The number of hydrogen-bond donors (Lipinski definition) is 1. The van der Waals surface area contributed by atoms with Crippen LogP contribution in [0.1, 0.15) is 33.3 Å². The van der Waals surface area contributed by atoms with E-state index in [0.29, 0.717) is 17.4 Å². The molecule has 0 bridgehead atoms. The quantitative estimate of drug-likeness (QED) is 0.771. The van der Waals surface area contributed by atoms with Crippen molar-refractivity contribution in [3.63, 3.8) is 0 Å². The van der Waals surface area contributed by atoms with E-state index in [1.807, 2.05) is 0 Å². The van der Waals surface area contributed by atoms with Crippen LogP contribution < -0.4 is 4.90 Å². The monoisotopic (exact) mass is 293 g/mol. The number of rotatable bonds is 7. The van der Waals surface area contributed by atoms with Crippen molar-refractivity contribution in [2.45, 2.75) is 27.7 Å². The van der Waals surface area contributed by atoms with Crippen LogP contribution in [-0.4, -0.2) is 24.2 Å². The van der Waals surface area contributed by atoms with Gasteiger partial charge in [-0.2, -0.15) is 0 Å². The summed E-state index contributed by atoms with van der Waals surface area (Å²) < 4.78 is 13.5. The molecule has 0 spiro atoms. The number of halogens is 1. The number of benzene rings is 1. The lowest BCUT2D eigenvalue weighted by Gasteiger charge is -2.30. The van der Waals surface area contributed by atoms with Gasteiger partial charge in [-0.15, -0.1) is 0 Å². The SMILES string of the molecule is CC(C)CN(CC(C)C)c1ccc(F)cc1C=CC(=O)O. The molecule has 0 atom stereocenters. The summed E-state index contributed by atoms with van der Waals surface area (Å²) in [5.41, 5.74) is 1.47. The van der Waals surface area contributed by atoms with Crippen LogP contribution in [0.2, 0.25) is 0 Å². The van der Waals surface area contributed by atoms with Crippen LogP contribution in [0.15, 0.2) is 24.3 Å². The van der Waals surface area contributed by atoms with Crippen molar-refractivity contribution in [1.29, 1.82) is 0 Å². The second-order valence-electron chi connectivity index (χ2n) is 6.07. The summed E-state index contributed by atoms with van der Waals surface area (Å²) in [7, 11) is 0. The minimum atomic E-state index is -1.04. The molecule has 21 heavy (non-hydrogen) atoms. The number of carboxylic acids is 1. The van der Waals surface area contributed by atoms with E-state index in [9.17, 15) is 9.18 Å². The first-order valence-corrected chi connectivity index (χ1v) is 7.25. The van der Waals surface area contributed by atoms with E-state index in [2.05, 4.69) is 32.6 Å². The second kappa shape index (κ2) is 7.81. The third kappa shape index (κ3) is 5.98. The highest BCUT2D eigenvalue weighted by atomic mass is 19.1. The zero-order chi connectivity index (χ0) is 16.0. The Labute approximate surface area is 126 Å². The number of carbonyl (C=O) groups is 1. The van der Waals surface area contributed by atoms with E-state index in [0.717, 1.165) is 24.9 Å². The van der Waals surface area contributed by atoms with E-state index >= 15 is 0 Å². The van der Waals surface area contributed by atoms with Gasteiger partial charge in [0.25, 0.3) is 0 Å². The van der Waals surface area contributed by atoms with E-state index in [4.69, 9.17) is 5.11 Å². The van der Waals surface area contributed by atoms with Gasteiger partial charge in [-0.25, -0.2) is 9.18 Å². The Balaban J connectivity index is 3.19. The van der Waals surface area contributed by atoms with Crippen LogP contribution in [-0.2, 0) is 4.79 Å². The first-order valence-electron chi connectivity index (χ1n) is 7.25. The third-order valence-electron chi connectivity index (χ3n) is 2.91. The topological polar surface area (TPSA) is 40.5 Å². The summed E-state index contributed by atoms with van der Waals surface area (Å²) in [4.78, 5) is 12.9. The average molecular weight is 293 g/mol. The standard InChI is InChI=1S/C17H24FNO2/c1-12(2)10-19(11-13(3)4)16-7-6-15(18)9-14(16)5-8-17(20)21/h5-9,12-13H,10-11H2,1-4H3,(H,20,21). The van der Waals surface area contributed by atoms with Gasteiger partial charge >= 0.3 is 5.97 Å². The van der Waals surface area contributed by atoms with Crippen molar-refractivity contribution in [2.75, 3.05) is 18.0 Å². The Morgan fingerprint density at radius 3 is 2.29 bits per heavy atom. The first kappa shape index (κ1) is 17.2. The summed E-state index contributed by atoms with van der Waals surface area (Å²) in [5, 5.41) is 8.77. The van der Waals surface area contributed by atoms with E-state index in [-0.39, 0.29) is 5.82 Å². The van der Waals surface area contributed by atoms with Gasteiger partial charge in [-0.1, -0.05) is 27.7 Å². The molecule has 4 heteroatoms. The van der Waals surface area contributed by atoms with Gasteiger partial charge in [0, 0.05) is 30.4 Å². The molecular formula is C17H24FNO2. The van der Waals surface area contributed by atoms with Gasteiger partial charge in [-0.05, 0) is 36.1 Å². The maximum absolute atomic E-state index is 13.5. The van der Waals surface area contributed by atoms with Crippen molar-refractivity contribution in [3.05, 3.63) is 35.7 Å². The molecule has 1 N–H and O–H groups in total. The van der Waals surface area contributed by atoms with Gasteiger partial charge in [0.2, 0.25) is 0 Å². The molecule has 0 heterocycles. The Morgan fingerprint density at radius 2 is 1.81 bits per heavy atom. The summed E-state index contributed by atoms with van der Waals surface area (Å²) in [6, 6.07) is 4.52. The minimum absolute atomic E-state index is 0.363. The second-order valence-corrected chi connectivity index (χ2v) is 6.07. The lowest BCUT2D eigenvalue weighted by molar-refractivity contribution is -0.131. The van der Waals surface area contributed by atoms with E-state index < -0.39 is 5.97 Å². The zero-order valence-electron chi connectivity index (χ0n) is 13.1. The van der Waals surface area contributed by atoms with Gasteiger partial charge in [0.1, 0.15) is 5.82 Å². The number of nitrogens with zero attached hydrogens (tertiary/aromatic N) is 1. The van der Waals surface area contributed by atoms with Crippen LogP contribution in [0.3, 0.4) is 0 Å². The maximum atomic E-state index is 13.5. The van der Waals surface area contributed by atoms with Gasteiger partial charge in [0.05, 0.1) is 0 Å². The van der Waals surface area contributed by atoms with Gasteiger partial charge < -0.3 is 10.0 Å². The largest absolute Gasteiger partial charge is 0.478 e. The molecule has 0 saturated heterocycles. The number of anilines is 1. The minimum Gasteiger partial charge on any atom is -0.478 e. The maximum Gasteiger partial charge on any atom is 0.328 e. The van der Waals surface area contributed by atoms with Crippen LogP contribution in [0.4, 0.5) is 10.1 Å². The van der Waals surface area contributed by atoms with Gasteiger partial charge in [0.15, 0.2) is 0 Å². The van der Waals surface area contributed by atoms with Crippen molar-refractivity contribution in [1.82, 2.24) is 0 Å². The molecule has 0 radical (unpaired) electrons.